The maximum absolute atomic E-state index is 11.9. The maximum atomic E-state index is 11.9. The first-order chi connectivity index (χ1) is 14.6. The molecule has 158 valence electrons. The number of nitrogens with zero attached hydrogens (tertiary/aromatic N) is 2. The number of carboxylic acids is 1. The molecule has 4 rings (SSSR count). The highest BCUT2D eigenvalue weighted by Gasteiger charge is 2.28. The fourth-order valence-electron chi connectivity index (χ4n) is 3.43. The van der Waals surface area contributed by atoms with Crippen molar-refractivity contribution < 1.29 is 14.7 Å². The Morgan fingerprint density at radius 3 is 2.47 bits per heavy atom. The summed E-state index contributed by atoms with van der Waals surface area (Å²) >= 11 is 0. The van der Waals surface area contributed by atoms with Gasteiger partial charge in [0.2, 0.25) is 11.9 Å². The molecule has 2 aromatic rings. The predicted octanol–water partition coefficient (Wildman–Crippen LogP) is 3.51. The van der Waals surface area contributed by atoms with Crippen molar-refractivity contribution in [3.63, 3.8) is 0 Å². The number of aromatic carboxylic acids is 1. The average Bonchev–Trinajstić information content (AvgIpc) is 3.52. The predicted molar refractivity (Wildman–Crippen MR) is 114 cm³/mol. The number of hydrogen-bond donors (Lipinski definition) is 4. The van der Waals surface area contributed by atoms with E-state index in [-0.39, 0.29) is 17.4 Å². The molecule has 1 aromatic heterocycles. The fourth-order valence-corrected chi connectivity index (χ4v) is 3.43. The lowest BCUT2D eigenvalue weighted by molar-refractivity contribution is -0.127. The van der Waals surface area contributed by atoms with Crippen LogP contribution in [-0.2, 0) is 4.79 Å². The van der Waals surface area contributed by atoms with Gasteiger partial charge in [0.15, 0.2) is 0 Å². The van der Waals surface area contributed by atoms with E-state index in [9.17, 15) is 9.59 Å². The van der Waals surface area contributed by atoms with Crippen molar-refractivity contribution in [2.45, 2.75) is 44.4 Å². The molecule has 0 atom stereocenters. The molecule has 1 heterocycles. The molecular formula is C22H27N5O3. The molecule has 0 spiro atoms. The molecule has 8 nitrogen and oxygen atoms in total. The zero-order valence-corrected chi connectivity index (χ0v) is 16.9. The fraction of sp³-hybridized carbons (Fsp3) is 0.455. The lowest BCUT2D eigenvalue weighted by Crippen LogP contribution is -2.35. The van der Waals surface area contributed by atoms with Crippen LogP contribution in [0.3, 0.4) is 0 Å². The SMILES string of the molecule is O=C(O)c1ccc(Nc2ncc(C3CC3)c(NCCCNC(=O)C3CCC3)n2)cc1. The van der Waals surface area contributed by atoms with E-state index in [1.54, 1.807) is 24.3 Å². The monoisotopic (exact) mass is 409 g/mol. The number of hydrogen-bond acceptors (Lipinski definition) is 6. The van der Waals surface area contributed by atoms with Crippen molar-refractivity contribution in [1.29, 1.82) is 0 Å². The molecule has 4 N–H and O–H groups in total. The number of carbonyl (C=O) groups excluding carboxylic acids is 1. The van der Waals surface area contributed by atoms with Crippen LogP contribution >= 0.6 is 0 Å². The van der Waals surface area contributed by atoms with Gasteiger partial charge in [0.25, 0.3) is 0 Å². The molecule has 0 unspecified atom stereocenters. The van der Waals surface area contributed by atoms with Crippen molar-refractivity contribution in [3.8, 4) is 0 Å². The van der Waals surface area contributed by atoms with Crippen molar-refractivity contribution in [1.82, 2.24) is 15.3 Å². The highest BCUT2D eigenvalue weighted by atomic mass is 16.4. The first-order valence-electron chi connectivity index (χ1n) is 10.6. The maximum Gasteiger partial charge on any atom is 0.335 e. The van der Waals surface area contributed by atoms with Crippen LogP contribution in [0.5, 0.6) is 0 Å². The molecule has 0 aliphatic heterocycles. The summed E-state index contributed by atoms with van der Waals surface area (Å²) in [5, 5.41) is 18.5. The minimum atomic E-state index is -0.957. The smallest absolute Gasteiger partial charge is 0.335 e. The van der Waals surface area contributed by atoms with Gasteiger partial charge in [0, 0.05) is 36.5 Å². The molecule has 2 fully saturated rings. The van der Waals surface area contributed by atoms with E-state index in [1.807, 2.05) is 6.20 Å². The molecule has 1 aromatic carbocycles. The Morgan fingerprint density at radius 2 is 1.83 bits per heavy atom. The molecular weight excluding hydrogens is 382 g/mol. The average molecular weight is 409 g/mol. The normalized spacial score (nSPS) is 15.9. The second-order valence-electron chi connectivity index (χ2n) is 7.98. The third-order valence-electron chi connectivity index (χ3n) is 5.64. The summed E-state index contributed by atoms with van der Waals surface area (Å²) in [7, 11) is 0. The summed E-state index contributed by atoms with van der Waals surface area (Å²) in [6.45, 7) is 1.38. The second-order valence-corrected chi connectivity index (χ2v) is 7.98. The van der Waals surface area contributed by atoms with Crippen LogP contribution in [0, 0.1) is 5.92 Å². The van der Waals surface area contributed by atoms with Gasteiger partial charge in [0.1, 0.15) is 5.82 Å². The molecule has 2 aliphatic rings. The summed E-state index contributed by atoms with van der Waals surface area (Å²) in [6, 6.07) is 6.47. The molecule has 2 saturated carbocycles. The van der Waals surface area contributed by atoms with Crippen LogP contribution in [0.4, 0.5) is 17.5 Å². The van der Waals surface area contributed by atoms with Gasteiger partial charge in [-0.1, -0.05) is 6.42 Å². The highest BCUT2D eigenvalue weighted by molar-refractivity contribution is 5.88. The van der Waals surface area contributed by atoms with Crippen molar-refractivity contribution in [3.05, 3.63) is 41.6 Å². The Bertz CT molecular complexity index is 907. The van der Waals surface area contributed by atoms with E-state index in [0.29, 0.717) is 25.0 Å². The van der Waals surface area contributed by atoms with E-state index < -0.39 is 5.97 Å². The van der Waals surface area contributed by atoms with Crippen LogP contribution in [0.2, 0.25) is 0 Å². The Hall–Kier alpha value is -3.16. The molecule has 1 amide bonds. The number of amides is 1. The van der Waals surface area contributed by atoms with Gasteiger partial charge < -0.3 is 21.1 Å². The van der Waals surface area contributed by atoms with E-state index >= 15 is 0 Å². The molecule has 0 radical (unpaired) electrons. The summed E-state index contributed by atoms with van der Waals surface area (Å²) in [6.07, 6.45) is 8.19. The molecule has 2 aliphatic carbocycles. The lowest BCUT2D eigenvalue weighted by Gasteiger charge is -2.24. The van der Waals surface area contributed by atoms with E-state index in [2.05, 4.69) is 25.9 Å². The minimum Gasteiger partial charge on any atom is -0.478 e. The van der Waals surface area contributed by atoms with Crippen molar-refractivity contribution >= 4 is 29.3 Å². The van der Waals surface area contributed by atoms with E-state index in [0.717, 1.165) is 55.6 Å². The van der Waals surface area contributed by atoms with Crippen LogP contribution in [-0.4, -0.2) is 40.0 Å². The van der Waals surface area contributed by atoms with Crippen LogP contribution in [0.1, 0.15) is 60.4 Å². The van der Waals surface area contributed by atoms with Gasteiger partial charge in [-0.25, -0.2) is 9.78 Å². The summed E-state index contributed by atoms with van der Waals surface area (Å²) in [5.74, 6) is 1.24. The third kappa shape index (κ3) is 5.06. The summed E-state index contributed by atoms with van der Waals surface area (Å²) in [4.78, 5) is 31.9. The van der Waals surface area contributed by atoms with Gasteiger partial charge in [0.05, 0.1) is 5.56 Å². The van der Waals surface area contributed by atoms with Crippen LogP contribution < -0.4 is 16.0 Å². The second kappa shape index (κ2) is 9.11. The number of benzene rings is 1. The number of carbonyl (C=O) groups is 2. The Kier molecular flexibility index (Phi) is 6.11. The molecule has 0 saturated heterocycles. The van der Waals surface area contributed by atoms with E-state index in [4.69, 9.17) is 5.11 Å². The first-order valence-corrected chi connectivity index (χ1v) is 10.6. The minimum absolute atomic E-state index is 0.183. The number of aromatic nitrogens is 2. The standard InChI is InChI=1S/C22H27N5O3/c28-20(15-3-1-4-15)24-12-2-11-23-19-18(14-5-6-14)13-25-22(27-19)26-17-9-7-16(8-10-17)21(29)30/h7-10,13-15H,1-6,11-12H2,(H,24,28)(H,29,30)(H2,23,25,26,27). The zero-order chi connectivity index (χ0) is 20.9. The van der Waals surface area contributed by atoms with Crippen molar-refractivity contribution in [2.24, 2.45) is 5.92 Å². The largest absolute Gasteiger partial charge is 0.478 e. The lowest BCUT2D eigenvalue weighted by atomic mass is 9.85. The van der Waals surface area contributed by atoms with Crippen LogP contribution in [0.15, 0.2) is 30.5 Å². The zero-order valence-electron chi connectivity index (χ0n) is 16.9. The Labute approximate surface area is 175 Å². The number of carboxylic acid groups (broad SMARTS) is 1. The summed E-state index contributed by atoms with van der Waals surface area (Å²) < 4.78 is 0. The van der Waals surface area contributed by atoms with Gasteiger partial charge in [-0.05, 0) is 62.3 Å². The Balaban J connectivity index is 1.33. The number of nitrogens with one attached hydrogen (secondary N) is 3. The first kappa shape index (κ1) is 20.1. The molecule has 0 bridgehead atoms. The summed E-state index contributed by atoms with van der Waals surface area (Å²) in [5.41, 5.74) is 2.08. The van der Waals surface area contributed by atoms with Crippen LogP contribution in [0.25, 0.3) is 0 Å². The number of rotatable bonds is 10. The number of anilines is 3. The van der Waals surface area contributed by atoms with Gasteiger partial charge >= 0.3 is 5.97 Å². The van der Waals surface area contributed by atoms with Gasteiger partial charge in [-0.2, -0.15) is 4.98 Å². The quantitative estimate of drug-likeness (QED) is 0.444. The molecule has 8 heteroatoms. The molecule has 30 heavy (non-hydrogen) atoms. The third-order valence-corrected chi connectivity index (χ3v) is 5.64. The van der Waals surface area contributed by atoms with Crippen molar-refractivity contribution in [2.75, 3.05) is 23.7 Å². The highest BCUT2D eigenvalue weighted by Crippen LogP contribution is 2.42. The van der Waals surface area contributed by atoms with Gasteiger partial charge in [-0.3, -0.25) is 4.79 Å². The van der Waals surface area contributed by atoms with Gasteiger partial charge in [-0.15, -0.1) is 0 Å². The van der Waals surface area contributed by atoms with E-state index in [1.165, 1.54) is 0 Å². The Morgan fingerprint density at radius 1 is 1.07 bits per heavy atom. The topological polar surface area (TPSA) is 116 Å².